The van der Waals surface area contributed by atoms with Gasteiger partial charge in [0.1, 0.15) is 0 Å². The third-order valence-corrected chi connectivity index (χ3v) is 4.55. The summed E-state index contributed by atoms with van der Waals surface area (Å²) in [6, 6.07) is 7.59. The van der Waals surface area contributed by atoms with Crippen LogP contribution < -0.4 is 11.1 Å². The van der Waals surface area contributed by atoms with E-state index in [-0.39, 0.29) is 17.9 Å². The van der Waals surface area contributed by atoms with E-state index in [1.54, 1.807) is 0 Å². The monoisotopic (exact) mass is 290 g/mol. The number of rotatable bonds is 6. The van der Waals surface area contributed by atoms with Crippen molar-refractivity contribution in [1.29, 1.82) is 0 Å². The van der Waals surface area contributed by atoms with Gasteiger partial charge in [0, 0.05) is 17.5 Å². The van der Waals surface area contributed by atoms with E-state index in [1.807, 2.05) is 24.3 Å². The molecule has 1 aromatic rings. The second kappa shape index (κ2) is 7.57. The number of nitrogens with two attached hydrogens (primary N) is 1. The van der Waals surface area contributed by atoms with Gasteiger partial charge in [-0.3, -0.25) is 4.79 Å². The molecule has 1 saturated carbocycles. The molecule has 1 fully saturated rings. The number of aliphatic hydroxyl groups is 1. The molecule has 116 valence electrons. The van der Waals surface area contributed by atoms with Crippen molar-refractivity contribution >= 4 is 5.91 Å². The average Bonchev–Trinajstić information content (AvgIpc) is 2.54. The normalized spacial score (nSPS) is 17.4. The molecule has 21 heavy (non-hydrogen) atoms. The Balaban J connectivity index is 2.01. The minimum atomic E-state index is -0.128. The zero-order chi connectivity index (χ0) is 15.1. The molecule has 0 saturated heterocycles. The van der Waals surface area contributed by atoms with Crippen molar-refractivity contribution in [3.8, 4) is 0 Å². The highest BCUT2D eigenvalue weighted by Gasteiger charge is 2.31. The van der Waals surface area contributed by atoms with Crippen LogP contribution in [0, 0.1) is 5.41 Å². The van der Waals surface area contributed by atoms with Crippen molar-refractivity contribution in [3.05, 3.63) is 35.4 Å². The number of amides is 1. The Morgan fingerprint density at radius 3 is 2.62 bits per heavy atom. The molecule has 0 aromatic heterocycles. The topological polar surface area (TPSA) is 75.4 Å². The third kappa shape index (κ3) is 4.05. The molecule has 4 heteroatoms. The third-order valence-electron chi connectivity index (χ3n) is 4.55. The quantitative estimate of drug-likeness (QED) is 0.748. The first-order valence-corrected chi connectivity index (χ1v) is 7.88. The smallest absolute Gasteiger partial charge is 0.251 e. The van der Waals surface area contributed by atoms with Gasteiger partial charge in [0.25, 0.3) is 5.91 Å². The summed E-state index contributed by atoms with van der Waals surface area (Å²) in [5.74, 6) is -0.0579. The molecular weight excluding hydrogens is 264 g/mol. The molecule has 4 nitrogen and oxygen atoms in total. The van der Waals surface area contributed by atoms with E-state index in [0.29, 0.717) is 25.1 Å². The Morgan fingerprint density at radius 1 is 1.24 bits per heavy atom. The highest BCUT2D eigenvalue weighted by atomic mass is 16.3. The SMILES string of the molecule is NCCc1ccccc1C(=O)NCC1(CO)CCCCC1. The molecule has 0 heterocycles. The molecule has 0 radical (unpaired) electrons. The fourth-order valence-electron chi connectivity index (χ4n) is 3.17. The van der Waals surface area contributed by atoms with Gasteiger partial charge in [-0.15, -0.1) is 0 Å². The summed E-state index contributed by atoms with van der Waals surface area (Å²) >= 11 is 0. The molecule has 0 bridgehead atoms. The van der Waals surface area contributed by atoms with E-state index in [9.17, 15) is 9.90 Å². The van der Waals surface area contributed by atoms with Gasteiger partial charge in [-0.05, 0) is 37.4 Å². The lowest BCUT2D eigenvalue weighted by atomic mass is 9.74. The zero-order valence-electron chi connectivity index (χ0n) is 12.6. The second-order valence-corrected chi connectivity index (χ2v) is 6.10. The highest BCUT2D eigenvalue weighted by Crippen LogP contribution is 2.35. The maximum absolute atomic E-state index is 12.4. The van der Waals surface area contributed by atoms with Crippen LogP contribution in [0.2, 0.25) is 0 Å². The van der Waals surface area contributed by atoms with Crippen LogP contribution >= 0.6 is 0 Å². The number of benzene rings is 1. The lowest BCUT2D eigenvalue weighted by molar-refractivity contribution is 0.0717. The van der Waals surface area contributed by atoms with Crippen LogP contribution in [0.3, 0.4) is 0 Å². The van der Waals surface area contributed by atoms with E-state index < -0.39 is 0 Å². The summed E-state index contributed by atoms with van der Waals surface area (Å²) < 4.78 is 0. The van der Waals surface area contributed by atoms with E-state index in [4.69, 9.17) is 5.73 Å². The number of hydrogen-bond donors (Lipinski definition) is 3. The van der Waals surface area contributed by atoms with Crippen LogP contribution in [0.4, 0.5) is 0 Å². The van der Waals surface area contributed by atoms with Gasteiger partial charge in [-0.1, -0.05) is 37.5 Å². The Kier molecular flexibility index (Phi) is 5.76. The van der Waals surface area contributed by atoms with Crippen molar-refractivity contribution in [2.24, 2.45) is 11.1 Å². The average molecular weight is 290 g/mol. The lowest BCUT2D eigenvalue weighted by Gasteiger charge is -2.35. The fourth-order valence-corrected chi connectivity index (χ4v) is 3.17. The zero-order valence-corrected chi connectivity index (χ0v) is 12.6. The molecule has 0 atom stereocenters. The Hall–Kier alpha value is -1.39. The first-order valence-electron chi connectivity index (χ1n) is 7.88. The number of carbonyl (C=O) groups excluding carboxylic acids is 1. The summed E-state index contributed by atoms with van der Waals surface area (Å²) in [6.07, 6.45) is 6.20. The number of nitrogens with one attached hydrogen (secondary N) is 1. The fraction of sp³-hybridized carbons (Fsp3) is 0.588. The van der Waals surface area contributed by atoms with E-state index >= 15 is 0 Å². The maximum atomic E-state index is 12.4. The summed E-state index contributed by atoms with van der Waals surface area (Å²) in [5, 5.41) is 12.7. The Bertz CT molecular complexity index is 468. The summed E-state index contributed by atoms with van der Waals surface area (Å²) in [4.78, 5) is 12.4. The predicted octanol–water partition coefficient (Wildman–Crippen LogP) is 1.86. The standard InChI is InChI=1S/C17H26N2O2/c18-11-8-14-6-2-3-7-15(14)16(21)19-12-17(13-20)9-4-1-5-10-17/h2-3,6-7,20H,1,4-5,8-13,18H2,(H,19,21). The first kappa shape index (κ1) is 16.0. The van der Waals surface area contributed by atoms with Crippen LogP contribution in [0.15, 0.2) is 24.3 Å². The minimum Gasteiger partial charge on any atom is -0.396 e. The van der Waals surface area contributed by atoms with Gasteiger partial charge in [0.2, 0.25) is 0 Å². The Labute approximate surface area is 126 Å². The van der Waals surface area contributed by atoms with Gasteiger partial charge in [-0.2, -0.15) is 0 Å². The van der Waals surface area contributed by atoms with Crippen molar-refractivity contribution in [2.45, 2.75) is 38.5 Å². The van der Waals surface area contributed by atoms with Gasteiger partial charge in [-0.25, -0.2) is 0 Å². The second-order valence-electron chi connectivity index (χ2n) is 6.10. The molecule has 1 aliphatic rings. The molecule has 4 N–H and O–H groups in total. The molecule has 0 aliphatic heterocycles. The summed E-state index contributed by atoms with van der Waals surface area (Å²) in [7, 11) is 0. The van der Waals surface area contributed by atoms with Crippen LogP contribution in [-0.4, -0.2) is 30.7 Å². The van der Waals surface area contributed by atoms with Gasteiger partial charge in [0.15, 0.2) is 0 Å². The largest absolute Gasteiger partial charge is 0.396 e. The van der Waals surface area contributed by atoms with E-state index in [2.05, 4.69) is 5.32 Å². The molecule has 1 amide bonds. The van der Waals surface area contributed by atoms with Gasteiger partial charge >= 0.3 is 0 Å². The van der Waals surface area contributed by atoms with E-state index in [1.165, 1.54) is 6.42 Å². The number of hydrogen-bond acceptors (Lipinski definition) is 3. The highest BCUT2D eigenvalue weighted by molar-refractivity contribution is 5.95. The van der Waals surface area contributed by atoms with Crippen LogP contribution in [0.25, 0.3) is 0 Å². The first-order chi connectivity index (χ1) is 10.2. The molecule has 2 rings (SSSR count). The van der Waals surface area contributed by atoms with Crippen LogP contribution in [0.5, 0.6) is 0 Å². The molecule has 0 spiro atoms. The number of carbonyl (C=O) groups is 1. The molecule has 1 aromatic carbocycles. The van der Waals surface area contributed by atoms with Crippen molar-refractivity contribution < 1.29 is 9.90 Å². The molecule has 0 unspecified atom stereocenters. The summed E-state index contributed by atoms with van der Waals surface area (Å²) in [6.45, 7) is 1.24. The van der Waals surface area contributed by atoms with Crippen molar-refractivity contribution in [3.63, 3.8) is 0 Å². The minimum absolute atomic E-state index is 0.0579. The molecular formula is C17H26N2O2. The van der Waals surface area contributed by atoms with Crippen molar-refractivity contribution in [1.82, 2.24) is 5.32 Å². The lowest BCUT2D eigenvalue weighted by Crippen LogP contribution is -2.41. The predicted molar refractivity (Wildman–Crippen MR) is 84.1 cm³/mol. The van der Waals surface area contributed by atoms with Gasteiger partial charge < -0.3 is 16.2 Å². The maximum Gasteiger partial charge on any atom is 0.251 e. The molecule has 1 aliphatic carbocycles. The van der Waals surface area contributed by atoms with Gasteiger partial charge in [0.05, 0.1) is 6.61 Å². The summed E-state index contributed by atoms with van der Waals surface area (Å²) in [5.41, 5.74) is 7.16. The van der Waals surface area contributed by atoms with Crippen LogP contribution in [0.1, 0.15) is 48.0 Å². The number of aliphatic hydroxyl groups excluding tert-OH is 1. The Morgan fingerprint density at radius 2 is 1.95 bits per heavy atom. The van der Waals surface area contributed by atoms with E-state index in [0.717, 1.165) is 31.2 Å². The van der Waals surface area contributed by atoms with Crippen molar-refractivity contribution in [2.75, 3.05) is 19.7 Å². The van der Waals surface area contributed by atoms with Crippen LogP contribution in [-0.2, 0) is 6.42 Å².